The predicted octanol–water partition coefficient (Wildman–Crippen LogP) is 3.35. The van der Waals surface area contributed by atoms with Gasteiger partial charge in [0.25, 0.3) is 5.92 Å². The Balaban J connectivity index is 2.28. The smallest absolute Gasteiger partial charge is 0.277 e. The van der Waals surface area contributed by atoms with Gasteiger partial charge in [0, 0.05) is 18.0 Å². The Bertz CT molecular complexity index is 428. The summed E-state index contributed by atoms with van der Waals surface area (Å²) in [6.07, 6.45) is 2.08. The number of alkyl halides is 2. The van der Waals surface area contributed by atoms with Crippen LogP contribution in [0, 0.1) is 5.92 Å². The summed E-state index contributed by atoms with van der Waals surface area (Å²) in [6, 6.07) is 4.73. The lowest BCUT2D eigenvalue weighted by Crippen LogP contribution is -2.39. The van der Waals surface area contributed by atoms with Gasteiger partial charge in [0.15, 0.2) is 0 Å². The molecular formula is C15H21F2NO. The van der Waals surface area contributed by atoms with E-state index in [0.717, 1.165) is 18.5 Å². The molecule has 0 spiro atoms. The largest absolute Gasteiger partial charge is 0.496 e. The number of nitrogens with one attached hydrogen (secondary N) is 1. The molecule has 0 bridgehead atoms. The van der Waals surface area contributed by atoms with E-state index in [2.05, 4.69) is 5.32 Å². The van der Waals surface area contributed by atoms with Crippen molar-refractivity contribution in [1.82, 2.24) is 5.32 Å². The third-order valence-corrected chi connectivity index (χ3v) is 3.86. The number of hydrogen-bond acceptors (Lipinski definition) is 2. The Labute approximate surface area is 113 Å². The molecule has 0 radical (unpaired) electrons. The minimum atomic E-state index is -2.77. The minimum Gasteiger partial charge on any atom is -0.496 e. The summed E-state index contributed by atoms with van der Waals surface area (Å²) >= 11 is 0. The highest BCUT2D eigenvalue weighted by Gasteiger charge is 2.41. The maximum absolute atomic E-state index is 14.5. The maximum atomic E-state index is 14.5. The number of rotatable bonds is 4. The molecule has 0 aliphatic carbocycles. The topological polar surface area (TPSA) is 21.3 Å². The van der Waals surface area contributed by atoms with Crippen molar-refractivity contribution in [1.29, 1.82) is 0 Å². The van der Waals surface area contributed by atoms with Gasteiger partial charge in [-0.1, -0.05) is 6.92 Å². The lowest BCUT2D eigenvalue weighted by molar-refractivity contribution is -0.0725. The molecule has 0 amide bonds. The second-order valence-electron chi connectivity index (χ2n) is 5.05. The van der Waals surface area contributed by atoms with Crippen LogP contribution in [-0.2, 0) is 12.3 Å². The van der Waals surface area contributed by atoms with E-state index in [9.17, 15) is 8.78 Å². The Hall–Kier alpha value is -1.16. The summed E-state index contributed by atoms with van der Waals surface area (Å²) in [7, 11) is 1.57. The Morgan fingerprint density at radius 3 is 2.79 bits per heavy atom. The van der Waals surface area contributed by atoms with Gasteiger partial charge in [0.1, 0.15) is 5.75 Å². The maximum Gasteiger partial charge on any atom is 0.277 e. The summed E-state index contributed by atoms with van der Waals surface area (Å²) in [5.41, 5.74) is 0.947. The highest BCUT2D eigenvalue weighted by molar-refractivity contribution is 5.39. The van der Waals surface area contributed by atoms with Gasteiger partial charge in [-0.2, -0.15) is 0 Å². The van der Waals surface area contributed by atoms with Crippen LogP contribution in [0.4, 0.5) is 8.78 Å². The molecule has 19 heavy (non-hydrogen) atoms. The van der Waals surface area contributed by atoms with Crippen molar-refractivity contribution in [3.8, 4) is 5.75 Å². The van der Waals surface area contributed by atoms with E-state index < -0.39 is 11.8 Å². The van der Waals surface area contributed by atoms with Gasteiger partial charge in [-0.15, -0.1) is 0 Å². The number of hydrogen-bond donors (Lipinski definition) is 1. The number of ether oxygens (including phenoxy) is 1. The molecule has 1 aliphatic rings. The van der Waals surface area contributed by atoms with Gasteiger partial charge >= 0.3 is 0 Å². The molecule has 0 aromatic heterocycles. The first-order valence-electron chi connectivity index (χ1n) is 6.85. The third-order valence-electron chi connectivity index (χ3n) is 3.86. The highest BCUT2D eigenvalue weighted by Crippen LogP contribution is 2.40. The lowest BCUT2D eigenvalue weighted by atomic mass is 9.87. The van der Waals surface area contributed by atoms with E-state index >= 15 is 0 Å². The summed E-state index contributed by atoms with van der Waals surface area (Å²) < 4.78 is 34.2. The molecule has 4 heteroatoms. The van der Waals surface area contributed by atoms with Crippen LogP contribution in [-0.4, -0.2) is 20.2 Å². The number of benzene rings is 1. The second-order valence-corrected chi connectivity index (χ2v) is 5.05. The van der Waals surface area contributed by atoms with E-state index in [1.165, 1.54) is 6.07 Å². The van der Waals surface area contributed by atoms with Crippen molar-refractivity contribution >= 4 is 0 Å². The molecule has 0 saturated carbocycles. The molecule has 1 heterocycles. The van der Waals surface area contributed by atoms with E-state index in [4.69, 9.17) is 4.74 Å². The monoisotopic (exact) mass is 269 g/mol. The molecule has 1 aromatic carbocycles. The molecule has 2 rings (SSSR count). The van der Waals surface area contributed by atoms with Crippen molar-refractivity contribution in [2.45, 2.75) is 32.1 Å². The van der Waals surface area contributed by atoms with E-state index in [0.29, 0.717) is 25.1 Å². The first kappa shape index (κ1) is 14.3. The first-order chi connectivity index (χ1) is 9.09. The van der Waals surface area contributed by atoms with Crippen LogP contribution in [0.1, 0.15) is 30.9 Å². The zero-order valence-corrected chi connectivity index (χ0v) is 11.5. The van der Waals surface area contributed by atoms with Crippen LogP contribution < -0.4 is 10.1 Å². The number of halogens is 2. The second kappa shape index (κ2) is 5.87. The van der Waals surface area contributed by atoms with Crippen molar-refractivity contribution in [2.24, 2.45) is 5.92 Å². The first-order valence-corrected chi connectivity index (χ1v) is 6.85. The van der Waals surface area contributed by atoms with Crippen LogP contribution in [0.25, 0.3) is 0 Å². The number of methoxy groups -OCH3 is 1. The van der Waals surface area contributed by atoms with Gasteiger partial charge in [0.05, 0.1) is 7.11 Å². The lowest BCUT2D eigenvalue weighted by Gasteiger charge is -2.31. The van der Waals surface area contributed by atoms with Crippen LogP contribution in [0.15, 0.2) is 18.2 Å². The minimum absolute atomic E-state index is 0.110. The molecular weight excluding hydrogens is 248 g/mol. The van der Waals surface area contributed by atoms with Gasteiger partial charge < -0.3 is 10.1 Å². The van der Waals surface area contributed by atoms with Crippen molar-refractivity contribution < 1.29 is 13.5 Å². The molecule has 1 N–H and O–H groups in total. The van der Waals surface area contributed by atoms with Crippen LogP contribution in [0.3, 0.4) is 0 Å². The molecule has 2 nitrogen and oxygen atoms in total. The fraction of sp³-hybridized carbons (Fsp3) is 0.600. The van der Waals surface area contributed by atoms with Gasteiger partial charge in [-0.3, -0.25) is 0 Å². The molecule has 1 fully saturated rings. The molecule has 1 aromatic rings. The number of piperidine rings is 1. The average Bonchev–Trinajstić information content (AvgIpc) is 2.47. The van der Waals surface area contributed by atoms with Crippen LogP contribution >= 0.6 is 0 Å². The van der Waals surface area contributed by atoms with Crippen LogP contribution in [0.2, 0.25) is 0 Å². The molecule has 1 aliphatic heterocycles. The summed E-state index contributed by atoms with van der Waals surface area (Å²) in [4.78, 5) is 0. The van der Waals surface area contributed by atoms with E-state index in [1.807, 2.05) is 6.92 Å². The zero-order chi connectivity index (χ0) is 13.9. The molecule has 1 atom stereocenters. The van der Waals surface area contributed by atoms with Gasteiger partial charge in [-0.05, 0) is 49.6 Å². The predicted molar refractivity (Wildman–Crippen MR) is 71.9 cm³/mol. The summed E-state index contributed by atoms with van der Waals surface area (Å²) in [6.45, 7) is 3.18. The third kappa shape index (κ3) is 2.89. The molecule has 1 unspecified atom stereocenters. The van der Waals surface area contributed by atoms with Gasteiger partial charge in [-0.25, -0.2) is 8.78 Å². The fourth-order valence-electron chi connectivity index (χ4n) is 2.66. The van der Waals surface area contributed by atoms with E-state index in [1.54, 1.807) is 19.2 Å². The van der Waals surface area contributed by atoms with Gasteiger partial charge in [0.2, 0.25) is 0 Å². The molecule has 106 valence electrons. The normalized spacial score (nSPS) is 20.3. The van der Waals surface area contributed by atoms with Crippen LogP contribution in [0.5, 0.6) is 5.75 Å². The van der Waals surface area contributed by atoms with E-state index in [-0.39, 0.29) is 5.56 Å². The quantitative estimate of drug-likeness (QED) is 0.905. The zero-order valence-electron chi connectivity index (χ0n) is 11.5. The standard InChI is InChI=1S/C15H21F2NO/c1-3-11-9-12(6-7-14(11)19-2)15(16,17)13-5-4-8-18-10-13/h6-7,9,13,18H,3-5,8,10H2,1-2H3. The Morgan fingerprint density at radius 1 is 1.42 bits per heavy atom. The van der Waals surface area contributed by atoms with Crippen molar-refractivity contribution in [3.05, 3.63) is 29.3 Å². The SMILES string of the molecule is CCc1cc(C(F)(F)C2CCCNC2)ccc1OC. The van der Waals surface area contributed by atoms with Crippen molar-refractivity contribution in [2.75, 3.05) is 20.2 Å². The average molecular weight is 269 g/mol. The Kier molecular flexibility index (Phi) is 4.40. The molecule has 1 saturated heterocycles. The fourth-order valence-corrected chi connectivity index (χ4v) is 2.66. The summed E-state index contributed by atoms with van der Waals surface area (Å²) in [5.74, 6) is -2.70. The Morgan fingerprint density at radius 2 is 2.21 bits per heavy atom. The highest BCUT2D eigenvalue weighted by atomic mass is 19.3. The summed E-state index contributed by atoms with van der Waals surface area (Å²) in [5, 5.41) is 3.06. The van der Waals surface area contributed by atoms with Crippen molar-refractivity contribution in [3.63, 3.8) is 0 Å². The number of aryl methyl sites for hydroxylation is 1.